The summed E-state index contributed by atoms with van der Waals surface area (Å²) < 4.78 is 18.2. The van der Waals surface area contributed by atoms with Crippen LogP contribution in [0, 0.1) is 23.2 Å². The molecule has 57 heavy (non-hydrogen) atoms. The number of pyridine rings is 1. The lowest BCUT2D eigenvalue weighted by Gasteiger charge is -2.40. The van der Waals surface area contributed by atoms with Crippen LogP contribution in [0.1, 0.15) is 73.1 Å². The number of nitrogens with one attached hydrogen (secondary N) is 3. The van der Waals surface area contributed by atoms with Crippen LogP contribution in [0.3, 0.4) is 0 Å². The summed E-state index contributed by atoms with van der Waals surface area (Å²) in [6.45, 7) is 13.5. The number of aliphatic hydroxyl groups excluding tert-OH is 1. The van der Waals surface area contributed by atoms with Crippen molar-refractivity contribution in [1.82, 2.24) is 25.5 Å². The van der Waals surface area contributed by atoms with Gasteiger partial charge in [-0.1, -0.05) is 38.4 Å². The molecular weight excluding hydrogens is 772 g/mol. The molecule has 1 aromatic carbocycles. The zero-order valence-corrected chi connectivity index (χ0v) is 34.8. The third-order valence-electron chi connectivity index (χ3n) is 12.0. The molecule has 3 saturated carbocycles. The summed E-state index contributed by atoms with van der Waals surface area (Å²) in [6, 6.07) is 3.56. The number of fused-ring (bicyclic) bond motifs is 3. The maximum absolute atomic E-state index is 14.2. The summed E-state index contributed by atoms with van der Waals surface area (Å²) in [6.07, 6.45) is 3.16. The molecule has 2 amide bonds. The number of alkyl carbamates (subject to hydrolysis) is 1. The average molecular weight is 825 g/mol. The molecule has 6 atom stereocenters. The zero-order chi connectivity index (χ0) is 41.0. The minimum absolute atomic E-state index is 0.0580. The highest BCUT2D eigenvalue weighted by Gasteiger charge is 2.61. The maximum Gasteiger partial charge on any atom is 0.407 e. The molecule has 1 saturated heterocycles. The van der Waals surface area contributed by atoms with Crippen molar-refractivity contribution < 1.29 is 38.8 Å². The van der Waals surface area contributed by atoms with E-state index >= 15 is 0 Å². The summed E-state index contributed by atoms with van der Waals surface area (Å²) in [4.78, 5) is 51.4. The van der Waals surface area contributed by atoms with Crippen molar-refractivity contribution in [2.75, 3.05) is 19.0 Å². The van der Waals surface area contributed by atoms with E-state index in [1.54, 1.807) is 23.1 Å². The second kappa shape index (κ2) is 15.9. The minimum Gasteiger partial charge on any atom is -0.495 e. The number of benzene rings is 1. The number of nitrogens with zero attached hydrogens (tertiary/aromatic N) is 3. The van der Waals surface area contributed by atoms with Crippen molar-refractivity contribution in [1.29, 1.82) is 0 Å². The second-order valence-corrected chi connectivity index (χ2v) is 18.5. The van der Waals surface area contributed by atoms with Crippen molar-refractivity contribution in [2.45, 2.75) is 115 Å². The number of thiazole rings is 1. The lowest BCUT2D eigenvalue weighted by molar-refractivity contribution is -0.145. The Labute approximate surface area is 341 Å². The molecular formula is C41H53ClN6O8S. The lowest BCUT2D eigenvalue weighted by atomic mass is 9.85. The number of halogens is 1. The van der Waals surface area contributed by atoms with Gasteiger partial charge in [0.05, 0.1) is 30.4 Å². The standard InChI is InChI=1S/C41H53ClN6O8S/c1-8-23-17-41(23,37(51)52)47-35(49)28-15-24(18-48(28)36(50)34(40(4,5)6)46-39(53)56-33-21-9-10-22(33)12-11-21)55-30-16-26(27-19-57-38(45-27)43-20(2)3)44-32-25(30)13-14-29(54-7)31(32)42/h8,13-14,16,19-24,28,33-34,36,50H,1,9-12,15,17-18H2,2-7H3,(H,43,45)(H,46,53)(H,47,49)(H,51,52)/t21?,22?,23?,24-,28?,33?,34?,36?,41-/m1/s1. The molecule has 7 rings (SSSR count). The first-order valence-electron chi connectivity index (χ1n) is 19.7. The Morgan fingerprint density at radius 3 is 2.40 bits per heavy atom. The summed E-state index contributed by atoms with van der Waals surface area (Å²) >= 11 is 8.28. The van der Waals surface area contributed by atoms with Gasteiger partial charge in [-0.2, -0.15) is 0 Å². The van der Waals surface area contributed by atoms with Gasteiger partial charge >= 0.3 is 12.1 Å². The van der Waals surface area contributed by atoms with Gasteiger partial charge in [0.1, 0.15) is 46.2 Å². The smallest absolute Gasteiger partial charge is 0.407 e. The van der Waals surface area contributed by atoms with Crippen LogP contribution in [0.15, 0.2) is 36.2 Å². The number of carboxylic acids is 1. The number of hydrogen-bond acceptors (Lipinski definition) is 12. The normalized spacial score (nSPS) is 27.9. The van der Waals surface area contributed by atoms with Crippen LogP contribution < -0.4 is 25.4 Å². The molecule has 3 aromatic rings. The maximum atomic E-state index is 14.2. The molecule has 5 N–H and O–H groups in total. The molecule has 0 radical (unpaired) electrons. The number of rotatable bonds is 14. The predicted octanol–water partition coefficient (Wildman–Crippen LogP) is 6.46. The zero-order valence-electron chi connectivity index (χ0n) is 33.2. The molecule has 0 spiro atoms. The van der Waals surface area contributed by atoms with Crippen molar-refractivity contribution in [3.8, 4) is 22.9 Å². The highest BCUT2D eigenvalue weighted by molar-refractivity contribution is 7.14. The molecule has 4 aliphatic rings. The Kier molecular flexibility index (Phi) is 11.4. The monoisotopic (exact) mass is 824 g/mol. The van der Waals surface area contributed by atoms with E-state index in [1.165, 1.54) is 24.5 Å². The number of carbonyl (C=O) groups is 3. The number of amides is 2. The van der Waals surface area contributed by atoms with Gasteiger partial charge in [-0.25, -0.2) is 19.6 Å². The first-order chi connectivity index (χ1) is 27.0. The molecule has 2 bridgehead atoms. The predicted molar refractivity (Wildman–Crippen MR) is 218 cm³/mol. The molecule has 1 aliphatic heterocycles. The fourth-order valence-corrected chi connectivity index (χ4v) is 9.98. The fraction of sp³-hybridized carbons (Fsp3) is 0.585. The van der Waals surface area contributed by atoms with E-state index in [9.17, 15) is 24.6 Å². The number of aliphatic hydroxyl groups is 1. The van der Waals surface area contributed by atoms with E-state index in [0.29, 0.717) is 45.6 Å². The molecule has 308 valence electrons. The Morgan fingerprint density at radius 2 is 1.81 bits per heavy atom. The van der Waals surface area contributed by atoms with Gasteiger partial charge in [0.25, 0.3) is 0 Å². The quantitative estimate of drug-likeness (QED) is 0.112. The van der Waals surface area contributed by atoms with Gasteiger partial charge in [0, 0.05) is 41.8 Å². The highest BCUT2D eigenvalue weighted by atomic mass is 35.5. The lowest BCUT2D eigenvalue weighted by Crippen LogP contribution is -2.61. The summed E-state index contributed by atoms with van der Waals surface area (Å²) in [5.74, 6) is -0.636. The number of anilines is 1. The SMILES string of the molecule is C=CC1C[C@]1(NC(=O)C1C[C@@H](Oc2cc(-c3csc(NC(C)C)n3)nc3c(Cl)c(OC)ccc23)CN1C(O)C(NC(=O)OC1C2CCC1CC2)C(C)(C)C)C(=O)O. The van der Waals surface area contributed by atoms with Gasteiger partial charge in [0.15, 0.2) is 5.13 Å². The van der Waals surface area contributed by atoms with Gasteiger partial charge in [-0.15, -0.1) is 17.9 Å². The highest BCUT2D eigenvalue weighted by Crippen LogP contribution is 2.47. The third-order valence-corrected chi connectivity index (χ3v) is 13.1. The van der Waals surface area contributed by atoms with Crippen LogP contribution in [-0.2, 0) is 14.3 Å². The molecule has 3 heterocycles. The Hall–Kier alpha value is -4.18. The second-order valence-electron chi connectivity index (χ2n) is 17.3. The van der Waals surface area contributed by atoms with Gasteiger partial charge < -0.3 is 40.4 Å². The van der Waals surface area contributed by atoms with E-state index in [4.69, 9.17) is 35.8 Å². The van der Waals surface area contributed by atoms with E-state index in [1.807, 2.05) is 40.0 Å². The van der Waals surface area contributed by atoms with Crippen LogP contribution in [0.5, 0.6) is 11.5 Å². The van der Waals surface area contributed by atoms with Crippen molar-refractivity contribution in [3.63, 3.8) is 0 Å². The number of ether oxygens (including phenoxy) is 3. The third kappa shape index (κ3) is 8.12. The fourth-order valence-electron chi connectivity index (χ4n) is 8.85. The molecule has 4 unspecified atom stereocenters. The van der Waals surface area contributed by atoms with E-state index < -0.39 is 59.3 Å². The topological polar surface area (TPSA) is 184 Å². The molecule has 16 heteroatoms. The number of aliphatic carboxylic acids is 1. The van der Waals surface area contributed by atoms with Crippen LogP contribution in [0.25, 0.3) is 22.3 Å². The number of likely N-dealkylation sites (tertiary alicyclic amines) is 1. The number of aromatic nitrogens is 2. The number of carboxylic acid groups (broad SMARTS) is 1. The summed E-state index contributed by atoms with van der Waals surface area (Å²) in [5.41, 5.74) is -0.654. The van der Waals surface area contributed by atoms with Crippen LogP contribution in [-0.4, -0.2) is 98.8 Å². The number of hydrogen-bond donors (Lipinski definition) is 5. The summed E-state index contributed by atoms with van der Waals surface area (Å²) in [7, 11) is 1.52. The minimum atomic E-state index is -1.50. The first-order valence-corrected chi connectivity index (χ1v) is 20.9. The van der Waals surface area contributed by atoms with Crippen molar-refractivity contribution in [3.05, 3.63) is 41.3 Å². The van der Waals surface area contributed by atoms with E-state index in [0.717, 1.165) is 30.8 Å². The van der Waals surface area contributed by atoms with Gasteiger partial charge in [-0.3, -0.25) is 9.69 Å². The molecule has 4 fully saturated rings. The number of carbonyl (C=O) groups excluding carboxylic acids is 2. The van der Waals surface area contributed by atoms with Crippen molar-refractivity contribution >= 4 is 56.9 Å². The van der Waals surface area contributed by atoms with E-state index in [2.05, 4.69) is 22.5 Å². The number of methoxy groups -OCH3 is 1. The largest absolute Gasteiger partial charge is 0.495 e. The van der Waals surface area contributed by atoms with Crippen LogP contribution in [0.4, 0.5) is 9.93 Å². The molecule has 2 aromatic heterocycles. The Balaban J connectivity index is 1.20. The Morgan fingerprint density at radius 1 is 1.11 bits per heavy atom. The van der Waals surface area contributed by atoms with Crippen molar-refractivity contribution in [2.24, 2.45) is 23.2 Å². The van der Waals surface area contributed by atoms with E-state index in [-0.39, 0.29) is 36.6 Å². The first kappa shape index (κ1) is 41.0. The van der Waals surface area contributed by atoms with Crippen LogP contribution >= 0.6 is 22.9 Å². The molecule has 14 nitrogen and oxygen atoms in total. The van der Waals surface area contributed by atoms with Gasteiger partial charge in [0.2, 0.25) is 5.91 Å². The molecule has 3 aliphatic carbocycles. The van der Waals surface area contributed by atoms with Crippen LogP contribution in [0.2, 0.25) is 5.02 Å². The Bertz CT molecular complexity index is 2020. The average Bonchev–Trinajstić information content (AvgIpc) is 3.61. The summed E-state index contributed by atoms with van der Waals surface area (Å²) in [5, 5.41) is 34.9. The van der Waals surface area contributed by atoms with Gasteiger partial charge in [-0.05, 0) is 75.3 Å².